The number of carbonyl (C=O) groups is 1. The van der Waals surface area contributed by atoms with Crippen LogP contribution in [0.3, 0.4) is 0 Å². The standard InChI is InChI=1S/C8H9BrO2.C8H7BrO2.CH2.V/c2*1-5(10)7-4-6(9)2-3-8(7)11;;/h2-5,10-11H,1H3;2-4,11H,1H3;1H2;. The summed E-state index contributed by atoms with van der Waals surface area (Å²) in [6.45, 7) is 3.03. The van der Waals surface area contributed by atoms with Crippen LogP contribution in [0.2, 0.25) is 0 Å². The van der Waals surface area contributed by atoms with E-state index in [1.807, 2.05) is 0 Å². The quantitative estimate of drug-likeness (QED) is 0.534. The summed E-state index contributed by atoms with van der Waals surface area (Å²) in [5.74, 6) is 0.0210. The first kappa shape index (κ1) is 23.1. The fraction of sp³-hybridized carbons (Fsp3) is 0.176. The van der Waals surface area contributed by atoms with Crippen molar-refractivity contribution in [2.75, 3.05) is 0 Å². The van der Waals surface area contributed by atoms with Crippen LogP contribution >= 0.6 is 31.9 Å². The van der Waals surface area contributed by atoms with Crippen LogP contribution in [0.5, 0.6) is 11.5 Å². The number of aliphatic hydroxyl groups is 1. The summed E-state index contributed by atoms with van der Waals surface area (Å²) in [4.78, 5) is 10.8. The Morgan fingerprint density at radius 1 is 1.04 bits per heavy atom. The number of phenolic OH excluding ortho intramolecular Hbond substituents is 2. The Balaban J connectivity index is 0.000000400. The summed E-state index contributed by atoms with van der Waals surface area (Å²) < 4.78 is 1.65. The van der Waals surface area contributed by atoms with Crippen molar-refractivity contribution in [3.05, 3.63) is 56.5 Å². The normalized spacial score (nSPS) is 10.5. The molecule has 1 atom stereocenters. The maximum atomic E-state index is 10.8. The van der Waals surface area contributed by atoms with Crippen molar-refractivity contribution in [2.45, 2.75) is 20.0 Å². The van der Waals surface area contributed by atoms with Crippen molar-refractivity contribution in [1.29, 1.82) is 0 Å². The summed E-state index contributed by atoms with van der Waals surface area (Å²) in [5.41, 5.74) is 0.888. The molecule has 0 heterocycles. The molecule has 0 aliphatic carbocycles. The Morgan fingerprint density at radius 2 is 1.50 bits per heavy atom. The molecular formula is C17H18Br2O4V. The number of phenols is 2. The number of aliphatic hydroxyl groups excluding tert-OH is 1. The molecule has 0 saturated heterocycles. The van der Waals surface area contributed by atoms with E-state index in [0.29, 0.717) is 11.1 Å². The number of hydrogen-bond acceptors (Lipinski definition) is 4. The number of carbonyl (C=O) groups excluding carboxylic acids is 1. The predicted octanol–water partition coefficient (Wildman–Crippen LogP) is 4.53. The predicted molar refractivity (Wildman–Crippen MR) is 99.4 cm³/mol. The molecule has 0 aromatic heterocycles. The van der Waals surface area contributed by atoms with E-state index in [0.717, 1.165) is 8.95 Å². The number of aromatic hydroxyl groups is 2. The zero-order chi connectivity index (χ0) is 18.9. The molecule has 0 radical (unpaired) electrons. The van der Waals surface area contributed by atoms with Gasteiger partial charge in [0.1, 0.15) is 11.5 Å². The third-order valence-electron chi connectivity index (χ3n) is 2.78. The SMILES string of the molecule is CC(=O)c1cc(Br)ccc1O.CC(O)c1cc(Br)ccc1O.[CH2]=[V]. The molecular weight excluding hydrogens is 479 g/mol. The van der Waals surface area contributed by atoms with Gasteiger partial charge in [-0.05, 0) is 50.2 Å². The van der Waals surface area contributed by atoms with Crippen LogP contribution in [0.25, 0.3) is 0 Å². The summed E-state index contributed by atoms with van der Waals surface area (Å²) in [6.07, 6.45) is -0.632. The summed E-state index contributed by atoms with van der Waals surface area (Å²) in [7, 11) is 0. The van der Waals surface area contributed by atoms with E-state index in [9.17, 15) is 9.90 Å². The van der Waals surface area contributed by atoms with Crippen molar-refractivity contribution in [3.63, 3.8) is 0 Å². The number of ketones is 1. The Morgan fingerprint density at radius 3 is 1.88 bits per heavy atom. The molecule has 3 N–H and O–H groups in total. The third-order valence-corrected chi connectivity index (χ3v) is 3.76. The average molecular weight is 497 g/mol. The van der Waals surface area contributed by atoms with E-state index in [1.165, 1.54) is 13.0 Å². The molecule has 2 rings (SSSR count). The van der Waals surface area contributed by atoms with E-state index in [-0.39, 0.29) is 17.3 Å². The second kappa shape index (κ2) is 11.6. The fourth-order valence-electron chi connectivity index (χ4n) is 1.65. The van der Waals surface area contributed by atoms with Gasteiger partial charge in [0.05, 0.1) is 11.7 Å². The van der Waals surface area contributed by atoms with Gasteiger partial charge >= 0.3 is 22.2 Å². The van der Waals surface area contributed by atoms with Gasteiger partial charge in [-0.25, -0.2) is 0 Å². The summed E-state index contributed by atoms with van der Waals surface area (Å²) in [5, 5.41) is 30.7. The first-order valence-corrected chi connectivity index (χ1v) is 9.27. The van der Waals surface area contributed by atoms with E-state index in [2.05, 4.69) is 54.1 Å². The maximum absolute atomic E-state index is 10.8. The molecule has 0 amide bonds. The summed E-state index contributed by atoms with van der Waals surface area (Å²) >= 11 is 8.51. The zero-order valence-electron chi connectivity index (χ0n) is 13.2. The molecule has 0 spiro atoms. The van der Waals surface area contributed by atoms with Gasteiger partial charge < -0.3 is 15.3 Å². The molecule has 0 saturated carbocycles. The van der Waals surface area contributed by atoms with Crippen LogP contribution in [0, 0.1) is 0 Å². The fourth-order valence-corrected chi connectivity index (χ4v) is 2.39. The monoisotopic (exact) mass is 495 g/mol. The molecule has 1 unspecified atom stereocenters. The molecule has 2 aromatic carbocycles. The number of rotatable bonds is 2. The van der Waals surface area contributed by atoms with Crippen molar-refractivity contribution >= 4 is 42.9 Å². The van der Waals surface area contributed by atoms with Gasteiger partial charge in [0.15, 0.2) is 5.78 Å². The van der Waals surface area contributed by atoms with Crippen molar-refractivity contribution in [3.8, 4) is 11.5 Å². The van der Waals surface area contributed by atoms with E-state index in [4.69, 9.17) is 10.2 Å². The van der Waals surface area contributed by atoms with Gasteiger partial charge in [-0.1, -0.05) is 31.9 Å². The summed E-state index contributed by atoms with van der Waals surface area (Å²) in [6, 6.07) is 9.73. The molecule has 2 aromatic rings. The second-order valence-electron chi connectivity index (χ2n) is 4.60. The molecule has 0 aliphatic rings. The van der Waals surface area contributed by atoms with Crippen LogP contribution < -0.4 is 0 Å². The van der Waals surface area contributed by atoms with E-state index < -0.39 is 6.10 Å². The minimum absolute atomic E-state index is 0.0284. The van der Waals surface area contributed by atoms with Gasteiger partial charge in [0.25, 0.3) is 0 Å². The van der Waals surface area contributed by atoms with Gasteiger partial charge in [-0.2, -0.15) is 0 Å². The molecule has 4 nitrogen and oxygen atoms in total. The van der Waals surface area contributed by atoms with Gasteiger partial charge in [0, 0.05) is 14.5 Å². The van der Waals surface area contributed by atoms with Crippen LogP contribution in [-0.4, -0.2) is 26.3 Å². The van der Waals surface area contributed by atoms with Crippen LogP contribution in [0.15, 0.2) is 45.3 Å². The molecule has 7 heteroatoms. The second-order valence-corrected chi connectivity index (χ2v) is 6.43. The average Bonchev–Trinajstić information content (AvgIpc) is 2.54. The van der Waals surface area contributed by atoms with Gasteiger partial charge in [-0.15, -0.1) is 0 Å². The number of benzene rings is 2. The molecule has 0 aliphatic heterocycles. The van der Waals surface area contributed by atoms with Crippen molar-refractivity contribution in [1.82, 2.24) is 0 Å². The van der Waals surface area contributed by atoms with Crippen LogP contribution in [0.4, 0.5) is 0 Å². The Kier molecular flexibility index (Phi) is 11.2. The number of hydrogen-bond donors (Lipinski definition) is 3. The molecule has 24 heavy (non-hydrogen) atoms. The first-order valence-electron chi connectivity index (χ1n) is 6.70. The first-order chi connectivity index (χ1) is 11.2. The van der Waals surface area contributed by atoms with Crippen molar-refractivity contribution in [2.24, 2.45) is 0 Å². The molecule has 129 valence electrons. The topological polar surface area (TPSA) is 77.8 Å². The Hall–Kier alpha value is -0.916. The number of Topliss-reactive ketones (excluding diaryl/α,β-unsaturated/α-hetero) is 1. The Labute approximate surface area is 167 Å². The van der Waals surface area contributed by atoms with Crippen molar-refractivity contribution < 1.29 is 37.1 Å². The molecule has 0 bridgehead atoms. The zero-order valence-corrected chi connectivity index (χ0v) is 17.8. The minimum atomic E-state index is -0.632. The van der Waals surface area contributed by atoms with E-state index >= 15 is 0 Å². The Bertz CT molecular complexity index is 690. The van der Waals surface area contributed by atoms with Crippen LogP contribution in [0.1, 0.15) is 35.9 Å². The van der Waals surface area contributed by atoms with Gasteiger partial charge in [-0.3, -0.25) is 4.79 Å². The van der Waals surface area contributed by atoms with Crippen LogP contribution in [-0.2, 0) is 17.0 Å². The third kappa shape index (κ3) is 7.77. The van der Waals surface area contributed by atoms with E-state index in [1.54, 1.807) is 37.3 Å². The molecule has 0 fully saturated rings. The van der Waals surface area contributed by atoms with Gasteiger partial charge in [0.2, 0.25) is 0 Å². The number of halogens is 2.